The number of likely N-dealkylation sites (tertiary alicyclic amines) is 1. The first-order valence-electron chi connectivity index (χ1n) is 9.40. The van der Waals surface area contributed by atoms with Gasteiger partial charge in [0.25, 0.3) is 5.91 Å². The van der Waals surface area contributed by atoms with E-state index in [0.29, 0.717) is 24.4 Å². The molecule has 1 N–H and O–H groups in total. The van der Waals surface area contributed by atoms with Crippen molar-refractivity contribution in [3.8, 4) is 0 Å². The average molecular weight is 391 g/mol. The smallest absolute Gasteiger partial charge is 0.276 e. The van der Waals surface area contributed by atoms with E-state index < -0.39 is 11.5 Å². The van der Waals surface area contributed by atoms with Crippen LogP contribution >= 0.6 is 0 Å². The maximum atomic E-state index is 13.6. The summed E-state index contributed by atoms with van der Waals surface area (Å²) in [6.07, 6.45) is 1.79. The van der Waals surface area contributed by atoms with Gasteiger partial charge in [-0.25, -0.2) is 9.37 Å². The molecule has 1 spiro atoms. The SMILES string of the molecule is Cc1nc(C(=O)N2CC[C@]3(C(=O)Nc4ccccc43)[C@@H]2c2ccc(F)cc2)co1. The van der Waals surface area contributed by atoms with Gasteiger partial charge in [-0.3, -0.25) is 9.59 Å². The van der Waals surface area contributed by atoms with Gasteiger partial charge in [0.05, 0.1) is 6.04 Å². The van der Waals surface area contributed by atoms with Crippen LogP contribution in [-0.2, 0) is 10.2 Å². The summed E-state index contributed by atoms with van der Waals surface area (Å²) < 4.78 is 18.8. The number of rotatable bonds is 2. The summed E-state index contributed by atoms with van der Waals surface area (Å²) in [5, 5.41) is 2.96. The number of aryl methyl sites for hydroxylation is 1. The third-order valence-electron chi connectivity index (χ3n) is 5.87. The summed E-state index contributed by atoms with van der Waals surface area (Å²) in [7, 11) is 0. The number of nitrogens with one attached hydrogen (secondary N) is 1. The van der Waals surface area contributed by atoms with Gasteiger partial charge in [0, 0.05) is 19.2 Å². The van der Waals surface area contributed by atoms with E-state index in [2.05, 4.69) is 10.3 Å². The van der Waals surface area contributed by atoms with Gasteiger partial charge in [0.15, 0.2) is 11.6 Å². The molecule has 3 aromatic rings. The second-order valence-corrected chi connectivity index (χ2v) is 7.43. The van der Waals surface area contributed by atoms with E-state index in [1.165, 1.54) is 18.4 Å². The van der Waals surface area contributed by atoms with Crippen LogP contribution in [0.4, 0.5) is 10.1 Å². The molecular formula is C22H18FN3O3. The predicted molar refractivity (Wildman–Crippen MR) is 103 cm³/mol. The summed E-state index contributed by atoms with van der Waals surface area (Å²) in [5.41, 5.74) is 1.55. The molecule has 2 amide bonds. The predicted octanol–water partition coefficient (Wildman–Crippen LogP) is 3.60. The molecule has 2 aliphatic heterocycles. The van der Waals surface area contributed by atoms with Crippen LogP contribution in [0.1, 0.15) is 40.0 Å². The Morgan fingerprint density at radius 3 is 2.72 bits per heavy atom. The molecule has 2 aliphatic rings. The highest BCUT2D eigenvalue weighted by atomic mass is 19.1. The largest absolute Gasteiger partial charge is 0.448 e. The third-order valence-corrected chi connectivity index (χ3v) is 5.87. The fraction of sp³-hybridized carbons (Fsp3) is 0.227. The number of oxazole rings is 1. The second kappa shape index (κ2) is 6.27. The molecule has 0 unspecified atom stereocenters. The maximum absolute atomic E-state index is 13.6. The summed E-state index contributed by atoms with van der Waals surface area (Å²) in [4.78, 5) is 32.3. The van der Waals surface area contributed by atoms with Gasteiger partial charge in [0.1, 0.15) is 17.5 Å². The highest BCUT2D eigenvalue weighted by Crippen LogP contribution is 2.54. The van der Waals surface area contributed by atoms with E-state index >= 15 is 0 Å². The Morgan fingerprint density at radius 1 is 1.24 bits per heavy atom. The molecule has 5 rings (SSSR count). The Balaban J connectivity index is 1.67. The maximum Gasteiger partial charge on any atom is 0.276 e. The van der Waals surface area contributed by atoms with E-state index in [0.717, 1.165) is 11.3 Å². The quantitative estimate of drug-likeness (QED) is 0.724. The minimum atomic E-state index is -0.942. The molecule has 0 saturated carbocycles. The lowest BCUT2D eigenvalue weighted by Crippen LogP contribution is -2.42. The summed E-state index contributed by atoms with van der Waals surface area (Å²) in [6.45, 7) is 2.04. The van der Waals surface area contributed by atoms with E-state index in [9.17, 15) is 14.0 Å². The van der Waals surface area contributed by atoms with Gasteiger partial charge in [-0.05, 0) is 35.7 Å². The molecule has 146 valence electrons. The van der Waals surface area contributed by atoms with Gasteiger partial charge >= 0.3 is 0 Å². The standard InChI is InChI=1S/C22H18FN3O3/c1-13-24-18(12-29-13)20(27)26-11-10-22(19(26)14-6-8-15(23)9-7-14)16-4-2-3-5-17(16)25-21(22)28/h2-9,12,19H,10-11H2,1H3,(H,25,28)/t19-,22+/m0/s1. The summed E-state index contributed by atoms with van der Waals surface area (Å²) in [5.74, 6) is -0.448. The Kier molecular flexibility index (Phi) is 3.81. The van der Waals surface area contributed by atoms with Gasteiger partial charge in [0.2, 0.25) is 5.91 Å². The molecule has 29 heavy (non-hydrogen) atoms. The van der Waals surface area contributed by atoms with Gasteiger partial charge < -0.3 is 14.6 Å². The molecule has 0 aliphatic carbocycles. The van der Waals surface area contributed by atoms with Gasteiger partial charge in [-0.1, -0.05) is 30.3 Å². The minimum absolute atomic E-state index is 0.153. The van der Waals surface area contributed by atoms with Crippen molar-refractivity contribution in [3.05, 3.63) is 83.3 Å². The normalized spacial score (nSPS) is 22.8. The Morgan fingerprint density at radius 2 is 2.00 bits per heavy atom. The van der Waals surface area contributed by atoms with E-state index in [1.54, 1.807) is 24.0 Å². The minimum Gasteiger partial charge on any atom is -0.448 e. The van der Waals surface area contributed by atoms with E-state index in [4.69, 9.17) is 4.42 Å². The highest BCUT2D eigenvalue weighted by molar-refractivity contribution is 6.08. The van der Waals surface area contributed by atoms with Crippen LogP contribution in [0.5, 0.6) is 0 Å². The lowest BCUT2D eigenvalue weighted by atomic mass is 9.72. The average Bonchev–Trinajstić information content (AvgIpc) is 3.40. The number of fused-ring (bicyclic) bond motifs is 2. The zero-order chi connectivity index (χ0) is 20.2. The Labute approximate surface area is 166 Å². The fourth-order valence-corrected chi connectivity index (χ4v) is 4.62. The fourth-order valence-electron chi connectivity index (χ4n) is 4.62. The van der Waals surface area contributed by atoms with E-state index in [-0.39, 0.29) is 23.3 Å². The number of hydrogen-bond donors (Lipinski definition) is 1. The number of hydrogen-bond acceptors (Lipinski definition) is 4. The number of aromatic nitrogens is 1. The lowest BCUT2D eigenvalue weighted by Gasteiger charge is -2.34. The van der Waals surface area contributed by atoms with Crippen molar-refractivity contribution < 1.29 is 18.4 Å². The number of carbonyl (C=O) groups excluding carboxylic acids is 2. The third kappa shape index (κ3) is 2.50. The van der Waals surface area contributed by atoms with Crippen molar-refractivity contribution in [1.29, 1.82) is 0 Å². The molecule has 1 fully saturated rings. The van der Waals surface area contributed by atoms with Crippen LogP contribution in [0.25, 0.3) is 0 Å². The molecule has 1 saturated heterocycles. The van der Waals surface area contributed by atoms with Crippen LogP contribution < -0.4 is 5.32 Å². The first kappa shape index (κ1) is 17.6. The number of amides is 2. The Bertz CT molecular complexity index is 1120. The van der Waals surface area contributed by atoms with Crippen LogP contribution in [-0.4, -0.2) is 28.2 Å². The molecule has 6 nitrogen and oxygen atoms in total. The monoisotopic (exact) mass is 391 g/mol. The first-order valence-corrected chi connectivity index (χ1v) is 9.40. The number of nitrogens with zero attached hydrogens (tertiary/aromatic N) is 2. The van der Waals surface area contributed by atoms with Crippen LogP contribution in [0.3, 0.4) is 0 Å². The molecule has 1 aromatic heterocycles. The zero-order valence-electron chi connectivity index (χ0n) is 15.7. The molecule has 0 bridgehead atoms. The molecule has 7 heteroatoms. The van der Waals surface area contributed by atoms with Crippen molar-refractivity contribution in [1.82, 2.24) is 9.88 Å². The number of anilines is 1. The molecule has 3 heterocycles. The number of carbonyl (C=O) groups is 2. The zero-order valence-corrected chi connectivity index (χ0v) is 15.7. The van der Waals surface area contributed by atoms with Crippen molar-refractivity contribution in [2.24, 2.45) is 0 Å². The summed E-state index contributed by atoms with van der Waals surface area (Å²) in [6, 6.07) is 12.9. The number of halogens is 1. The molecular weight excluding hydrogens is 373 g/mol. The van der Waals surface area contributed by atoms with Crippen LogP contribution in [0.2, 0.25) is 0 Å². The topological polar surface area (TPSA) is 75.4 Å². The number of benzene rings is 2. The highest BCUT2D eigenvalue weighted by Gasteiger charge is 2.59. The van der Waals surface area contributed by atoms with Crippen molar-refractivity contribution in [3.63, 3.8) is 0 Å². The van der Waals surface area contributed by atoms with Crippen molar-refractivity contribution in [2.75, 3.05) is 11.9 Å². The summed E-state index contributed by atoms with van der Waals surface area (Å²) >= 11 is 0. The Hall–Kier alpha value is -3.48. The van der Waals surface area contributed by atoms with Crippen LogP contribution in [0, 0.1) is 12.7 Å². The van der Waals surface area contributed by atoms with E-state index in [1.807, 2.05) is 24.3 Å². The lowest BCUT2D eigenvalue weighted by molar-refractivity contribution is -0.121. The number of para-hydroxylation sites is 1. The molecule has 2 atom stereocenters. The van der Waals surface area contributed by atoms with Crippen molar-refractivity contribution in [2.45, 2.75) is 24.8 Å². The first-order chi connectivity index (χ1) is 14.0. The van der Waals surface area contributed by atoms with Gasteiger partial charge in [-0.15, -0.1) is 0 Å². The van der Waals surface area contributed by atoms with Gasteiger partial charge in [-0.2, -0.15) is 0 Å². The second-order valence-electron chi connectivity index (χ2n) is 7.43. The van der Waals surface area contributed by atoms with Crippen molar-refractivity contribution >= 4 is 17.5 Å². The molecule has 0 radical (unpaired) electrons. The van der Waals surface area contributed by atoms with Crippen LogP contribution in [0.15, 0.2) is 59.2 Å². The molecule has 2 aromatic carbocycles.